The molecule has 2 aromatic rings. The fourth-order valence-electron chi connectivity index (χ4n) is 2.15. The summed E-state index contributed by atoms with van der Waals surface area (Å²) in [5, 5.41) is 0. The van der Waals surface area contributed by atoms with E-state index in [2.05, 4.69) is 0 Å². The zero-order chi connectivity index (χ0) is 16.2. The Bertz CT molecular complexity index is 722. The molecule has 1 aromatic carbocycles. The van der Waals surface area contributed by atoms with Crippen LogP contribution < -0.4 is 4.74 Å². The largest absolute Gasteiger partial charge is 0.496 e. The average Bonchev–Trinajstić information content (AvgIpc) is 3.02. The van der Waals surface area contributed by atoms with Gasteiger partial charge in [-0.2, -0.15) is 4.31 Å². The summed E-state index contributed by atoms with van der Waals surface area (Å²) in [7, 11) is -0.164. The van der Waals surface area contributed by atoms with E-state index in [4.69, 9.17) is 4.74 Å². The third kappa shape index (κ3) is 3.69. The van der Waals surface area contributed by atoms with Gasteiger partial charge in [0.1, 0.15) is 9.96 Å². The first kappa shape index (κ1) is 17.0. The number of sulfonamides is 1. The molecule has 0 aliphatic heterocycles. The second kappa shape index (κ2) is 7.26. The van der Waals surface area contributed by atoms with Crippen LogP contribution in [0, 0.1) is 0 Å². The Kier molecular flexibility index (Phi) is 5.61. The van der Waals surface area contributed by atoms with Crippen LogP contribution in [-0.2, 0) is 22.9 Å². The van der Waals surface area contributed by atoms with Gasteiger partial charge in [-0.25, -0.2) is 8.42 Å². The molecule has 1 aromatic heterocycles. The Morgan fingerprint density at radius 3 is 2.55 bits per heavy atom. The number of nitrogens with zero attached hydrogens (tertiary/aromatic N) is 1. The van der Waals surface area contributed by atoms with Crippen LogP contribution in [-0.4, -0.2) is 33.4 Å². The number of hydrogen-bond donors (Lipinski definition) is 0. The highest BCUT2D eigenvalue weighted by Gasteiger charge is 2.22. The number of benzene rings is 1. The number of likely N-dealkylation sites (N-methyl/N-ethyl adjacent to an activating group) is 1. The first-order valence-corrected chi connectivity index (χ1v) is 9.41. The van der Waals surface area contributed by atoms with Crippen molar-refractivity contribution in [1.82, 2.24) is 4.31 Å². The zero-order valence-electron chi connectivity index (χ0n) is 13.1. The van der Waals surface area contributed by atoms with Crippen LogP contribution in [0.25, 0.3) is 0 Å². The summed E-state index contributed by atoms with van der Waals surface area (Å²) >= 11 is 1.34. The lowest BCUT2D eigenvalue weighted by atomic mass is 10.1. The van der Waals surface area contributed by atoms with Crippen molar-refractivity contribution in [3.63, 3.8) is 0 Å². The van der Waals surface area contributed by atoms with Crippen LogP contribution in [0.4, 0.5) is 0 Å². The number of methoxy groups -OCH3 is 1. The van der Waals surface area contributed by atoms with E-state index >= 15 is 0 Å². The Morgan fingerprint density at radius 2 is 1.91 bits per heavy atom. The van der Waals surface area contributed by atoms with Crippen molar-refractivity contribution in [2.24, 2.45) is 0 Å². The molecule has 4 nitrogen and oxygen atoms in total. The second-order valence-corrected chi connectivity index (χ2v) is 8.40. The fraction of sp³-hybridized carbons (Fsp3) is 0.375. The van der Waals surface area contributed by atoms with Gasteiger partial charge in [-0.3, -0.25) is 0 Å². The molecule has 0 aliphatic rings. The maximum atomic E-state index is 12.5. The van der Waals surface area contributed by atoms with Crippen molar-refractivity contribution in [1.29, 1.82) is 0 Å². The van der Waals surface area contributed by atoms with Gasteiger partial charge in [0.05, 0.1) is 7.11 Å². The summed E-state index contributed by atoms with van der Waals surface area (Å²) < 4.78 is 32.2. The highest BCUT2D eigenvalue weighted by Crippen LogP contribution is 2.25. The minimum atomic E-state index is -3.41. The number of para-hydroxylation sites is 1. The van der Waals surface area contributed by atoms with E-state index in [1.165, 1.54) is 15.6 Å². The summed E-state index contributed by atoms with van der Waals surface area (Å²) in [6.07, 6.45) is 1.47. The summed E-state index contributed by atoms with van der Waals surface area (Å²) in [6, 6.07) is 11.3. The lowest BCUT2D eigenvalue weighted by molar-refractivity contribution is 0.406. The minimum Gasteiger partial charge on any atom is -0.496 e. The van der Waals surface area contributed by atoms with Crippen molar-refractivity contribution in [2.75, 3.05) is 20.7 Å². The van der Waals surface area contributed by atoms with Crippen molar-refractivity contribution in [2.45, 2.75) is 24.0 Å². The molecule has 0 radical (unpaired) electrons. The van der Waals surface area contributed by atoms with Gasteiger partial charge in [-0.05, 0) is 36.6 Å². The van der Waals surface area contributed by atoms with Crippen LogP contribution in [0.2, 0.25) is 0 Å². The first-order chi connectivity index (χ1) is 10.5. The van der Waals surface area contributed by atoms with Gasteiger partial charge in [0, 0.05) is 18.5 Å². The molecule has 22 heavy (non-hydrogen) atoms. The number of aryl methyl sites for hydroxylation is 1. The minimum absolute atomic E-state index is 0.409. The zero-order valence-corrected chi connectivity index (χ0v) is 14.7. The highest BCUT2D eigenvalue weighted by atomic mass is 32.2. The fourth-order valence-corrected chi connectivity index (χ4v) is 4.83. The van der Waals surface area contributed by atoms with Crippen LogP contribution in [0.5, 0.6) is 5.75 Å². The van der Waals surface area contributed by atoms with Crippen molar-refractivity contribution in [3.8, 4) is 5.75 Å². The summed E-state index contributed by atoms with van der Waals surface area (Å²) in [4.78, 5) is 1.08. The Labute approximate surface area is 136 Å². The van der Waals surface area contributed by atoms with E-state index in [-0.39, 0.29) is 0 Å². The first-order valence-electron chi connectivity index (χ1n) is 7.16. The molecule has 0 aliphatic carbocycles. The molecule has 1 heterocycles. The van der Waals surface area contributed by atoms with Crippen molar-refractivity contribution >= 4 is 21.4 Å². The average molecular weight is 339 g/mol. The third-order valence-electron chi connectivity index (χ3n) is 3.54. The van der Waals surface area contributed by atoms with Gasteiger partial charge in [-0.15, -0.1) is 11.3 Å². The molecule has 0 bridgehead atoms. The Hall–Kier alpha value is -1.37. The molecule has 0 fully saturated rings. The van der Waals surface area contributed by atoms with Gasteiger partial charge in [0.2, 0.25) is 0 Å². The molecule has 0 amide bonds. The number of hydrogen-bond acceptors (Lipinski definition) is 4. The summed E-state index contributed by atoms with van der Waals surface area (Å²) in [5.41, 5.74) is 1.01. The molecule has 0 saturated heterocycles. The topological polar surface area (TPSA) is 46.6 Å². The lowest BCUT2D eigenvalue weighted by Gasteiger charge is -2.17. The SMILES string of the molecule is CCc1ccc(S(=O)(=O)N(C)CCc2ccccc2OC)s1. The number of ether oxygens (including phenoxy) is 1. The van der Waals surface area contributed by atoms with Crippen molar-refractivity contribution < 1.29 is 13.2 Å². The molecule has 0 saturated carbocycles. The van der Waals surface area contributed by atoms with E-state index in [9.17, 15) is 8.42 Å². The smallest absolute Gasteiger partial charge is 0.252 e. The standard InChI is InChI=1S/C16H21NO3S2/c1-4-14-9-10-16(21-14)22(18,19)17(2)12-11-13-7-5-6-8-15(13)20-3/h5-10H,4,11-12H2,1-3H3. The molecular formula is C16H21NO3S2. The summed E-state index contributed by atoms with van der Waals surface area (Å²) in [5.74, 6) is 0.790. The molecule has 2 rings (SSSR count). The number of rotatable bonds is 7. The van der Waals surface area contributed by atoms with Gasteiger partial charge >= 0.3 is 0 Å². The van der Waals surface area contributed by atoms with E-state index in [0.29, 0.717) is 17.2 Å². The van der Waals surface area contributed by atoms with Gasteiger partial charge < -0.3 is 4.74 Å². The van der Waals surface area contributed by atoms with Gasteiger partial charge in [0.15, 0.2) is 0 Å². The normalized spacial score (nSPS) is 11.8. The molecule has 6 heteroatoms. The van der Waals surface area contributed by atoms with Crippen LogP contribution >= 0.6 is 11.3 Å². The van der Waals surface area contributed by atoms with Crippen LogP contribution in [0.15, 0.2) is 40.6 Å². The predicted octanol–water partition coefficient (Wildman–Crippen LogP) is 3.18. The molecule has 0 N–H and O–H groups in total. The van der Waals surface area contributed by atoms with E-state index in [0.717, 1.165) is 22.6 Å². The third-order valence-corrected chi connectivity index (χ3v) is 7.09. The molecule has 0 spiro atoms. The van der Waals surface area contributed by atoms with Gasteiger partial charge in [0.25, 0.3) is 10.0 Å². The lowest BCUT2D eigenvalue weighted by Crippen LogP contribution is -2.28. The highest BCUT2D eigenvalue weighted by molar-refractivity contribution is 7.91. The van der Waals surface area contributed by atoms with E-state index in [1.54, 1.807) is 20.2 Å². The maximum absolute atomic E-state index is 12.5. The summed E-state index contributed by atoms with van der Waals surface area (Å²) in [6.45, 7) is 2.44. The Morgan fingerprint density at radius 1 is 1.18 bits per heavy atom. The molecule has 120 valence electrons. The van der Waals surface area contributed by atoms with Crippen molar-refractivity contribution in [3.05, 3.63) is 46.8 Å². The Balaban J connectivity index is 2.09. The molecule has 0 unspecified atom stereocenters. The van der Waals surface area contributed by atoms with Gasteiger partial charge in [-0.1, -0.05) is 25.1 Å². The van der Waals surface area contributed by atoms with E-state index in [1.807, 2.05) is 37.3 Å². The van der Waals surface area contributed by atoms with Crippen LogP contribution in [0.1, 0.15) is 17.4 Å². The molecule has 0 atom stereocenters. The second-order valence-electron chi connectivity index (χ2n) is 4.96. The predicted molar refractivity (Wildman–Crippen MR) is 90.2 cm³/mol. The number of thiophene rings is 1. The maximum Gasteiger partial charge on any atom is 0.252 e. The monoisotopic (exact) mass is 339 g/mol. The quantitative estimate of drug-likeness (QED) is 0.778. The van der Waals surface area contributed by atoms with E-state index < -0.39 is 10.0 Å². The van der Waals surface area contributed by atoms with Crippen LogP contribution in [0.3, 0.4) is 0 Å². The molecular weight excluding hydrogens is 318 g/mol.